The van der Waals surface area contributed by atoms with E-state index in [-0.39, 0.29) is 6.10 Å². The standard InChI is InChI=1S/C13H24N6O2/c1-14-11-16-12(15-8-10(21-3)9-20-2)18-13(17-11)19-6-4-5-7-19/h10H,4-9H2,1-3H3,(H2,14,15,16,17,18). The first-order chi connectivity index (χ1) is 10.3. The topological polar surface area (TPSA) is 84.4 Å². The molecule has 1 aromatic heterocycles. The minimum Gasteiger partial charge on any atom is -0.382 e. The molecule has 0 aliphatic carbocycles. The molecule has 0 spiro atoms. The average Bonchev–Trinajstić information content (AvgIpc) is 3.05. The summed E-state index contributed by atoms with van der Waals surface area (Å²) in [5.74, 6) is 1.83. The van der Waals surface area contributed by atoms with E-state index in [1.165, 1.54) is 12.8 Å². The highest BCUT2D eigenvalue weighted by atomic mass is 16.5. The molecule has 1 atom stereocenters. The van der Waals surface area contributed by atoms with E-state index in [4.69, 9.17) is 9.47 Å². The van der Waals surface area contributed by atoms with Crippen LogP contribution in [0.2, 0.25) is 0 Å². The fourth-order valence-electron chi connectivity index (χ4n) is 2.22. The van der Waals surface area contributed by atoms with Gasteiger partial charge in [-0.05, 0) is 12.8 Å². The largest absolute Gasteiger partial charge is 0.382 e. The van der Waals surface area contributed by atoms with Crippen molar-refractivity contribution < 1.29 is 9.47 Å². The van der Waals surface area contributed by atoms with E-state index in [0.717, 1.165) is 19.0 Å². The zero-order chi connectivity index (χ0) is 15.1. The number of aromatic nitrogens is 3. The second-order valence-corrected chi connectivity index (χ2v) is 4.92. The maximum absolute atomic E-state index is 5.31. The number of hydrogen-bond donors (Lipinski definition) is 2. The Kier molecular flexibility index (Phi) is 5.94. The Morgan fingerprint density at radius 1 is 1.14 bits per heavy atom. The van der Waals surface area contributed by atoms with Crippen LogP contribution < -0.4 is 15.5 Å². The number of ether oxygens (including phenoxy) is 2. The van der Waals surface area contributed by atoms with Crippen molar-refractivity contribution in [1.82, 2.24) is 15.0 Å². The molecule has 1 unspecified atom stereocenters. The molecule has 1 aromatic rings. The van der Waals surface area contributed by atoms with Crippen LogP contribution in [0.15, 0.2) is 0 Å². The predicted molar refractivity (Wildman–Crippen MR) is 82.0 cm³/mol. The van der Waals surface area contributed by atoms with Gasteiger partial charge in [0.05, 0.1) is 12.7 Å². The molecule has 8 heteroatoms. The van der Waals surface area contributed by atoms with Crippen LogP contribution >= 0.6 is 0 Å². The lowest BCUT2D eigenvalue weighted by atomic mass is 10.4. The summed E-state index contributed by atoms with van der Waals surface area (Å²) >= 11 is 0. The van der Waals surface area contributed by atoms with Gasteiger partial charge in [-0.15, -0.1) is 0 Å². The molecule has 0 saturated carbocycles. The first-order valence-corrected chi connectivity index (χ1v) is 7.21. The monoisotopic (exact) mass is 296 g/mol. The minimum absolute atomic E-state index is 0.0416. The van der Waals surface area contributed by atoms with Gasteiger partial charge in [0.1, 0.15) is 0 Å². The van der Waals surface area contributed by atoms with E-state index in [1.54, 1.807) is 21.3 Å². The van der Waals surface area contributed by atoms with Crippen LogP contribution in [0.25, 0.3) is 0 Å². The van der Waals surface area contributed by atoms with Gasteiger partial charge in [0.2, 0.25) is 17.8 Å². The SMILES string of the molecule is CNc1nc(NCC(COC)OC)nc(N2CCCC2)n1. The molecular formula is C13H24N6O2. The summed E-state index contributed by atoms with van der Waals surface area (Å²) in [6, 6.07) is 0. The van der Waals surface area contributed by atoms with Crippen molar-refractivity contribution in [1.29, 1.82) is 0 Å². The molecule has 1 aliphatic rings. The van der Waals surface area contributed by atoms with Gasteiger partial charge in [0.25, 0.3) is 0 Å². The number of anilines is 3. The lowest BCUT2D eigenvalue weighted by Gasteiger charge is -2.18. The molecule has 0 bridgehead atoms. The number of hydrogen-bond acceptors (Lipinski definition) is 8. The van der Waals surface area contributed by atoms with Gasteiger partial charge in [0.15, 0.2) is 0 Å². The van der Waals surface area contributed by atoms with Crippen LogP contribution in [-0.4, -0.2) is 68.6 Å². The summed E-state index contributed by atoms with van der Waals surface area (Å²) in [6.45, 7) is 3.09. The molecule has 2 N–H and O–H groups in total. The molecule has 1 fully saturated rings. The van der Waals surface area contributed by atoms with Crippen LogP contribution in [0.3, 0.4) is 0 Å². The van der Waals surface area contributed by atoms with E-state index in [2.05, 4.69) is 30.5 Å². The Hall–Kier alpha value is -1.67. The summed E-state index contributed by atoms with van der Waals surface area (Å²) in [6.07, 6.45) is 2.33. The number of methoxy groups -OCH3 is 2. The summed E-state index contributed by atoms with van der Waals surface area (Å²) in [5.41, 5.74) is 0. The van der Waals surface area contributed by atoms with Crippen molar-refractivity contribution in [3.05, 3.63) is 0 Å². The molecule has 0 amide bonds. The zero-order valence-corrected chi connectivity index (χ0v) is 12.9. The highest BCUT2D eigenvalue weighted by Gasteiger charge is 2.17. The predicted octanol–water partition coefficient (Wildman–Crippen LogP) is 0.587. The lowest BCUT2D eigenvalue weighted by molar-refractivity contribution is 0.0365. The van der Waals surface area contributed by atoms with E-state index in [1.807, 2.05) is 0 Å². The Balaban J connectivity index is 2.05. The highest BCUT2D eigenvalue weighted by molar-refractivity contribution is 5.44. The Morgan fingerprint density at radius 2 is 1.86 bits per heavy atom. The van der Waals surface area contributed by atoms with Crippen molar-refractivity contribution in [3.63, 3.8) is 0 Å². The van der Waals surface area contributed by atoms with Gasteiger partial charge >= 0.3 is 0 Å². The minimum atomic E-state index is -0.0416. The van der Waals surface area contributed by atoms with Crippen molar-refractivity contribution in [3.8, 4) is 0 Å². The number of nitrogens with one attached hydrogen (secondary N) is 2. The van der Waals surface area contributed by atoms with Crippen LogP contribution in [-0.2, 0) is 9.47 Å². The van der Waals surface area contributed by atoms with Gasteiger partial charge in [0, 0.05) is 40.9 Å². The van der Waals surface area contributed by atoms with Crippen LogP contribution in [0.4, 0.5) is 17.8 Å². The van der Waals surface area contributed by atoms with Gasteiger partial charge in [-0.3, -0.25) is 0 Å². The summed E-state index contributed by atoms with van der Waals surface area (Å²) in [7, 11) is 5.11. The van der Waals surface area contributed by atoms with Crippen LogP contribution in [0, 0.1) is 0 Å². The lowest BCUT2D eigenvalue weighted by Crippen LogP contribution is -2.28. The van der Waals surface area contributed by atoms with Gasteiger partial charge < -0.3 is 25.0 Å². The average molecular weight is 296 g/mol. The van der Waals surface area contributed by atoms with E-state index in [0.29, 0.717) is 25.0 Å². The summed E-state index contributed by atoms with van der Waals surface area (Å²) in [5, 5.41) is 6.16. The summed E-state index contributed by atoms with van der Waals surface area (Å²) in [4.78, 5) is 15.4. The Bertz CT molecular complexity index is 439. The van der Waals surface area contributed by atoms with Gasteiger partial charge in [-0.1, -0.05) is 0 Å². The van der Waals surface area contributed by atoms with E-state index in [9.17, 15) is 0 Å². The Labute approximate surface area is 125 Å². The molecule has 2 rings (SSSR count). The van der Waals surface area contributed by atoms with Crippen molar-refractivity contribution in [2.75, 3.05) is 63.0 Å². The van der Waals surface area contributed by atoms with E-state index >= 15 is 0 Å². The quantitative estimate of drug-likeness (QED) is 0.721. The van der Waals surface area contributed by atoms with Gasteiger partial charge in [-0.25, -0.2) is 0 Å². The maximum atomic E-state index is 5.31. The van der Waals surface area contributed by atoms with Crippen molar-refractivity contribution in [2.24, 2.45) is 0 Å². The first-order valence-electron chi connectivity index (χ1n) is 7.21. The normalized spacial score (nSPS) is 16.0. The third-order valence-electron chi connectivity index (χ3n) is 3.41. The first kappa shape index (κ1) is 15.7. The molecule has 21 heavy (non-hydrogen) atoms. The second kappa shape index (κ2) is 7.94. The fourth-order valence-corrected chi connectivity index (χ4v) is 2.22. The number of rotatable bonds is 8. The third kappa shape index (κ3) is 4.40. The van der Waals surface area contributed by atoms with Gasteiger partial charge in [-0.2, -0.15) is 15.0 Å². The molecular weight excluding hydrogens is 272 g/mol. The molecule has 2 heterocycles. The molecule has 1 aliphatic heterocycles. The fraction of sp³-hybridized carbons (Fsp3) is 0.769. The van der Waals surface area contributed by atoms with Crippen molar-refractivity contribution >= 4 is 17.8 Å². The molecule has 0 aromatic carbocycles. The Morgan fingerprint density at radius 3 is 2.48 bits per heavy atom. The maximum Gasteiger partial charge on any atom is 0.231 e. The third-order valence-corrected chi connectivity index (χ3v) is 3.41. The molecule has 8 nitrogen and oxygen atoms in total. The van der Waals surface area contributed by atoms with Crippen molar-refractivity contribution in [2.45, 2.75) is 18.9 Å². The zero-order valence-electron chi connectivity index (χ0n) is 12.9. The second-order valence-electron chi connectivity index (χ2n) is 4.92. The molecule has 0 radical (unpaired) electrons. The molecule has 1 saturated heterocycles. The summed E-state index contributed by atoms with van der Waals surface area (Å²) < 4.78 is 10.4. The van der Waals surface area contributed by atoms with E-state index < -0.39 is 0 Å². The smallest absolute Gasteiger partial charge is 0.231 e. The number of nitrogens with zero attached hydrogens (tertiary/aromatic N) is 4. The van der Waals surface area contributed by atoms with Crippen LogP contribution in [0.1, 0.15) is 12.8 Å². The molecule has 118 valence electrons. The van der Waals surface area contributed by atoms with Crippen LogP contribution in [0.5, 0.6) is 0 Å². The highest BCUT2D eigenvalue weighted by Crippen LogP contribution is 2.18.